The lowest BCUT2D eigenvalue weighted by molar-refractivity contribution is -0.136. The van der Waals surface area contributed by atoms with Crippen LogP contribution in [0.15, 0.2) is 83.0 Å². The molecule has 0 saturated heterocycles. The maximum atomic E-state index is 15.0. The fourth-order valence-electron chi connectivity index (χ4n) is 3.02. The van der Waals surface area contributed by atoms with Crippen molar-refractivity contribution in [2.45, 2.75) is 17.7 Å². The van der Waals surface area contributed by atoms with Gasteiger partial charge in [0, 0.05) is 28.3 Å². The lowest BCUT2D eigenvalue weighted by Crippen LogP contribution is -2.33. The SMILES string of the molecule is COC(=O)C1=CNC(C(F)(F)c2ccccc2)=C[C@@H]1C[S@@](=O)c1ccc(C)cc1. The van der Waals surface area contributed by atoms with Crippen molar-refractivity contribution in [2.75, 3.05) is 12.9 Å². The van der Waals surface area contributed by atoms with Crippen LogP contribution in [0.1, 0.15) is 11.1 Å². The Kier molecular flexibility index (Phi) is 6.27. The molecule has 2 aromatic carbocycles. The predicted octanol–water partition coefficient (Wildman–Crippen LogP) is 4.05. The molecule has 1 heterocycles. The van der Waals surface area contributed by atoms with Gasteiger partial charge in [-0.05, 0) is 25.1 Å². The van der Waals surface area contributed by atoms with E-state index in [1.807, 2.05) is 19.1 Å². The van der Waals surface area contributed by atoms with Gasteiger partial charge >= 0.3 is 11.9 Å². The summed E-state index contributed by atoms with van der Waals surface area (Å²) in [6.45, 7) is 1.91. The molecule has 0 spiro atoms. The normalized spacial score (nSPS) is 17.6. The van der Waals surface area contributed by atoms with Crippen LogP contribution in [-0.2, 0) is 26.3 Å². The minimum atomic E-state index is -3.29. The van der Waals surface area contributed by atoms with Crippen LogP contribution in [0, 0.1) is 12.8 Å². The molecule has 0 radical (unpaired) electrons. The Balaban J connectivity index is 1.91. The Morgan fingerprint density at radius 3 is 2.41 bits per heavy atom. The molecule has 7 heteroatoms. The molecule has 3 rings (SSSR count). The molecule has 4 nitrogen and oxygen atoms in total. The number of hydrogen-bond acceptors (Lipinski definition) is 4. The third-order valence-corrected chi connectivity index (χ3v) is 6.12. The first kappa shape index (κ1) is 20.9. The number of aryl methyl sites for hydroxylation is 1. The van der Waals surface area contributed by atoms with E-state index in [1.165, 1.54) is 43.7 Å². The van der Waals surface area contributed by atoms with Crippen LogP contribution in [0.4, 0.5) is 8.78 Å². The first-order valence-electron chi connectivity index (χ1n) is 8.98. The van der Waals surface area contributed by atoms with Gasteiger partial charge in [0.2, 0.25) is 0 Å². The fraction of sp³-hybridized carbons (Fsp3) is 0.227. The highest BCUT2D eigenvalue weighted by Crippen LogP contribution is 2.37. The van der Waals surface area contributed by atoms with Gasteiger partial charge in [0.1, 0.15) is 0 Å². The highest BCUT2D eigenvalue weighted by Gasteiger charge is 2.39. The van der Waals surface area contributed by atoms with Crippen LogP contribution in [-0.4, -0.2) is 23.0 Å². The van der Waals surface area contributed by atoms with Crippen LogP contribution in [0.2, 0.25) is 0 Å². The van der Waals surface area contributed by atoms with Gasteiger partial charge in [0.15, 0.2) is 0 Å². The Labute approximate surface area is 170 Å². The van der Waals surface area contributed by atoms with Crippen molar-refractivity contribution in [3.05, 3.63) is 89.3 Å². The van der Waals surface area contributed by atoms with Crippen molar-refractivity contribution in [1.82, 2.24) is 5.32 Å². The van der Waals surface area contributed by atoms with Crippen LogP contribution < -0.4 is 5.32 Å². The van der Waals surface area contributed by atoms with Crippen LogP contribution in [0.3, 0.4) is 0 Å². The van der Waals surface area contributed by atoms with Crippen molar-refractivity contribution < 1.29 is 22.5 Å². The largest absolute Gasteiger partial charge is 0.466 e. The topological polar surface area (TPSA) is 55.4 Å². The molecule has 2 aromatic rings. The van der Waals surface area contributed by atoms with E-state index in [0.717, 1.165) is 5.56 Å². The molecule has 0 unspecified atom stereocenters. The number of allylic oxidation sites excluding steroid dienone is 2. The summed E-state index contributed by atoms with van der Waals surface area (Å²) in [5.41, 5.74) is 0.641. The monoisotopic (exact) mass is 417 g/mol. The number of methoxy groups -OCH3 is 1. The second-order valence-corrected chi connectivity index (χ2v) is 8.18. The average Bonchev–Trinajstić information content (AvgIpc) is 2.74. The summed E-state index contributed by atoms with van der Waals surface area (Å²) in [4.78, 5) is 12.7. The van der Waals surface area contributed by atoms with Gasteiger partial charge in [-0.1, -0.05) is 48.0 Å². The van der Waals surface area contributed by atoms with E-state index in [-0.39, 0.29) is 22.6 Å². The number of dihydropyridines is 1. The molecule has 0 saturated carbocycles. The number of rotatable bonds is 6. The maximum absolute atomic E-state index is 15.0. The van der Waals surface area contributed by atoms with Gasteiger partial charge in [-0.15, -0.1) is 0 Å². The van der Waals surface area contributed by atoms with Crippen molar-refractivity contribution in [1.29, 1.82) is 0 Å². The quantitative estimate of drug-likeness (QED) is 0.721. The summed E-state index contributed by atoms with van der Waals surface area (Å²) in [6, 6.07) is 14.5. The van der Waals surface area contributed by atoms with E-state index in [9.17, 15) is 17.8 Å². The Morgan fingerprint density at radius 1 is 1.14 bits per heavy atom. The molecule has 0 fully saturated rings. The second kappa shape index (κ2) is 8.69. The Bertz CT molecular complexity index is 969. The second-order valence-electron chi connectivity index (χ2n) is 6.69. The highest BCUT2D eigenvalue weighted by molar-refractivity contribution is 7.85. The van der Waals surface area contributed by atoms with Crippen LogP contribution in [0.25, 0.3) is 0 Å². The smallest absolute Gasteiger partial charge is 0.335 e. The molecule has 1 aliphatic rings. The summed E-state index contributed by atoms with van der Waals surface area (Å²) < 4.78 is 47.5. The Hall–Kier alpha value is -2.80. The van der Waals surface area contributed by atoms with Crippen molar-refractivity contribution in [3.63, 3.8) is 0 Å². The summed E-state index contributed by atoms with van der Waals surface area (Å²) in [7, 11) is -0.263. The molecule has 1 N–H and O–H groups in total. The Morgan fingerprint density at radius 2 is 1.79 bits per heavy atom. The molecule has 0 bridgehead atoms. The highest BCUT2D eigenvalue weighted by atomic mass is 32.2. The summed E-state index contributed by atoms with van der Waals surface area (Å²) in [5, 5.41) is 2.52. The van der Waals surface area contributed by atoms with Crippen LogP contribution in [0.5, 0.6) is 0 Å². The van der Waals surface area contributed by atoms with E-state index in [1.54, 1.807) is 18.2 Å². The first-order valence-corrected chi connectivity index (χ1v) is 10.3. The van der Waals surface area contributed by atoms with Crippen molar-refractivity contribution >= 4 is 16.8 Å². The molecule has 1 aliphatic heterocycles. The fourth-order valence-corrected chi connectivity index (χ4v) is 4.25. The summed E-state index contributed by atoms with van der Waals surface area (Å²) in [6.07, 6.45) is 2.49. The average molecular weight is 417 g/mol. The number of esters is 1. The molecule has 0 amide bonds. The molecule has 0 aromatic heterocycles. The van der Waals surface area contributed by atoms with E-state index in [4.69, 9.17) is 4.74 Å². The number of halogens is 2. The van der Waals surface area contributed by atoms with Crippen LogP contribution >= 0.6 is 0 Å². The van der Waals surface area contributed by atoms with Gasteiger partial charge in [-0.25, -0.2) is 4.79 Å². The zero-order valence-electron chi connectivity index (χ0n) is 16.0. The lowest BCUT2D eigenvalue weighted by Gasteiger charge is -2.27. The van der Waals surface area contributed by atoms with Gasteiger partial charge in [0.05, 0.1) is 29.2 Å². The lowest BCUT2D eigenvalue weighted by atomic mass is 9.94. The third-order valence-electron chi connectivity index (χ3n) is 4.66. The molecular weight excluding hydrogens is 396 g/mol. The predicted molar refractivity (Wildman–Crippen MR) is 108 cm³/mol. The van der Waals surface area contributed by atoms with Gasteiger partial charge in [-0.3, -0.25) is 4.21 Å². The number of carbonyl (C=O) groups is 1. The van der Waals surface area contributed by atoms with E-state index >= 15 is 0 Å². The van der Waals surface area contributed by atoms with E-state index < -0.39 is 28.6 Å². The van der Waals surface area contributed by atoms with Crippen molar-refractivity contribution in [2.24, 2.45) is 5.92 Å². The zero-order chi connectivity index (χ0) is 21.0. The molecule has 0 aliphatic carbocycles. The van der Waals surface area contributed by atoms with Crippen molar-refractivity contribution in [3.8, 4) is 0 Å². The van der Waals surface area contributed by atoms with Gasteiger partial charge in [0.25, 0.3) is 0 Å². The maximum Gasteiger partial charge on any atom is 0.335 e. The zero-order valence-corrected chi connectivity index (χ0v) is 16.8. The molecule has 2 atom stereocenters. The number of benzene rings is 2. The van der Waals surface area contributed by atoms with E-state index in [0.29, 0.717) is 4.90 Å². The number of ether oxygens (including phenoxy) is 1. The first-order chi connectivity index (χ1) is 13.8. The summed E-state index contributed by atoms with van der Waals surface area (Å²) >= 11 is 0. The molecule has 152 valence electrons. The molecular formula is C22H21F2NO3S. The number of hydrogen-bond donors (Lipinski definition) is 1. The standard InChI is InChI=1S/C22H21F2NO3S/c1-15-8-10-18(11-9-15)29(27)14-16-12-20(25-13-19(16)21(26)28-2)22(23,24)17-6-4-3-5-7-17/h3-13,16,25H,14H2,1-2H3/t16-,29-/m1/s1. The number of alkyl halides is 2. The minimum absolute atomic E-state index is 0.0138. The van der Waals surface area contributed by atoms with E-state index in [2.05, 4.69) is 5.32 Å². The van der Waals surface area contributed by atoms with Gasteiger partial charge in [-0.2, -0.15) is 8.78 Å². The minimum Gasteiger partial charge on any atom is -0.466 e. The number of carbonyl (C=O) groups excluding carboxylic acids is 1. The molecule has 29 heavy (non-hydrogen) atoms. The summed E-state index contributed by atoms with van der Waals surface area (Å²) in [5.74, 6) is -4.74. The number of nitrogens with one attached hydrogen (secondary N) is 1. The van der Waals surface area contributed by atoms with Gasteiger partial charge < -0.3 is 10.1 Å². The third kappa shape index (κ3) is 4.62.